The zero-order valence-electron chi connectivity index (χ0n) is 12.2. The normalized spacial score (nSPS) is 23.0. The molecule has 2 unspecified atom stereocenters. The van der Waals surface area contributed by atoms with Gasteiger partial charge in [0.05, 0.1) is 19.1 Å². The van der Waals surface area contributed by atoms with E-state index in [0.717, 1.165) is 5.69 Å². The average molecular weight is 322 g/mol. The number of nitrogens with zero attached hydrogens (tertiary/aromatic N) is 3. The van der Waals surface area contributed by atoms with Gasteiger partial charge in [-0.15, -0.1) is 0 Å². The number of nitrogens with one attached hydrogen (secondary N) is 1. The second-order valence-corrected chi connectivity index (χ2v) is 7.22. The fraction of sp³-hybridized carbons (Fsp3) is 0.429. The van der Waals surface area contributed by atoms with Crippen molar-refractivity contribution in [2.24, 2.45) is 5.92 Å². The van der Waals surface area contributed by atoms with Gasteiger partial charge >= 0.3 is 0 Å². The molecule has 0 aromatic carbocycles. The number of imidazole rings is 1. The van der Waals surface area contributed by atoms with Gasteiger partial charge in [-0.05, 0) is 12.1 Å². The summed E-state index contributed by atoms with van der Waals surface area (Å²) in [7, 11) is -1.93. The lowest BCUT2D eigenvalue weighted by Gasteiger charge is -2.16. The Morgan fingerprint density at radius 1 is 1.41 bits per heavy atom. The van der Waals surface area contributed by atoms with Crippen molar-refractivity contribution in [3.8, 4) is 0 Å². The third-order valence-electron chi connectivity index (χ3n) is 3.95. The van der Waals surface area contributed by atoms with E-state index in [1.165, 1.54) is 16.8 Å². The van der Waals surface area contributed by atoms with E-state index in [0.29, 0.717) is 19.7 Å². The minimum absolute atomic E-state index is 0.0267. The number of hydrogen-bond acceptors (Lipinski definition) is 5. The lowest BCUT2D eigenvalue weighted by molar-refractivity contribution is 0.150. The zero-order chi connectivity index (χ0) is 15.6. The van der Waals surface area contributed by atoms with E-state index in [1.807, 2.05) is 18.2 Å². The van der Waals surface area contributed by atoms with Crippen LogP contribution >= 0.6 is 0 Å². The minimum atomic E-state index is -3.56. The number of sulfonamides is 1. The molecule has 1 N–H and O–H groups in total. The van der Waals surface area contributed by atoms with Crippen LogP contribution in [0.5, 0.6) is 0 Å². The maximum absolute atomic E-state index is 12.6. The van der Waals surface area contributed by atoms with Crippen molar-refractivity contribution in [1.29, 1.82) is 0 Å². The second kappa shape index (κ2) is 6.15. The first-order valence-electron chi connectivity index (χ1n) is 7.01. The maximum Gasteiger partial charge on any atom is 0.260 e. The fourth-order valence-electron chi connectivity index (χ4n) is 2.86. The lowest BCUT2D eigenvalue weighted by Crippen LogP contribution is -2.29. The summed E-state index contributed by atoms with van der Waals surface area (Å²) in [5.41, 5.74) is 0.895. The summed E-state index contributed by atoms with van der Waals surface area (Å²) in [4.78, 5) is 10.8. The van der Waals surface area contributed by atoms with Gasteiger partial charge in [0.1, 0.15) is 0 Å². The van der Waals surface area contributed by atoms with Crippen LogP contribution in [0.15, 0.2) is 41.9 Å². The monoisotopic (exact) mass is 322 g/mol. The summed E-state index contributed by atoms with van der Waals surface area (Å²) < 4.78 is 32.0. The van der Waals surface area contributed by atoms with Crippen molar-refractivity contribution in [2.45, 2.75) is 10.9 Å². The molecule has 3 heterocycles. The van der Waals surface area contributed by atoms with E-state index in [2.05, 4.69) is 15.0 Å². The number of rotatable bonds is 5. The van der Waals surface area contributed by atoms with Crippen molar-refractivity contribution in [3.63, 3.8) is 0 Å². The highest BCUT2D eigenvalue weighted by atomic mass is 32.2. The molecule has 0 saturated carbocycles. The topological polar surface area (TPSA) is 88.2 Å². The Labute approximate surface area is 129 Å². The highest BCUT2D eigenvalue weighted by molar-refractivity contribution is 7.89. The van der Waals surface area contributed by atoms with Crippen LogP contribution < -0.4 is 0 Å². The molecule has 2 aromatic heterocycles. The lowest BCUT2D eigenvalue weighted by atomic mass is 9.93. The molecule has 0 spiro atoms. The molecule has 0 amide bonds. The predicted molar refractivity (Wildman–Crippen MR) is 79.7 cm³/mol. The number of methoxy groups -OCH3 is 1. The molecule has 0 aliphatic carbocycles. The van der Waals surface area contributed by atoms with Crippen LogP contribution in [0.25, 0.3) is 0 Å². The highest BCUT2D eigenvalue weighted by Gasteiger charge is 2.41. The summed E-state index contributed by atoms with van der Waals surface area (Å²) >= 11 is 0. The van der Waals surface area contributed by atoms with E-state index >= 15 is 0 Å². The van der Waals surface area contributed by atoms with E-state index in [1.54, 1.807) is 13.3 Å². The fourth-order valence-corrected chi connectivity index (χ4v) is 4.28. The van der Waals surface area contributed by atoms with Gasteiger partial charge in [0.25, 0.3) is 10.0 Å². The van der Waals surface area contributed by atoms with Gasteiger partial charge in [-0.25, -0.2) is 13.4 Å². The van der Waals surface area contributed by atoms with Gasteiger partial charge in [0.2, 0.25) is 0 Å². The van der Waals surface area contributed by atoms with Crippen molar-refractivity contribution in [3.05, 3.63) is 42.6 Å². The first-order chi connectivity index (χ1) is 10.6. The van der Waals surface area contributed by atoms with Crippen molar-refractivity contribution in [2.75, 3.05) is 26.8 Å². The molecule has 1 aliphatic rings. The van der Waals surface area contributed by atoms with E-state index < -0.39 is 10.0 Å². The number of aromatic nitrogens is 3. The predicted octanol–water partition coefficient (Wildman–Crippen LogP) is 0.855. The van der Waals surface area contributed by atoms with Gasteiger partial charge in [0.15, 0.2) is 5.03 Å². The van der Waals surface area contributed by atoms with Gasteiger partial charge < -0.3 is 9.72 Å². The molecule has 0 radical (unpaired) electrons. The van der Waals surface area contributed by atoms with Crippen LogP contribution in [0.3, 0.4) is 0 Å². The van der Waals surface area contributed by atoms with Crippen molar-refractivity contribution in [1.82, 2.24) is 19.3 Å². The summed E-state index contributed by atoms with van der Waals surface area (Å²) in [6.45, 7) is 1.30. The minimum Gasteiger partial charge on any atom is -0.384 e. The molecule has 3 rings (SSSR count). The molecule has 1 saturated heterocycles. The second-order valence-electron chi connectivity index (χ2n) is 5.31. The van der Waals surface area contributed by atoms with Crippen molar-refractivity contribution < 1.29 is 13.2 Å². The molecule has 1 fully saturated rings. The first-order valence-corrected chi connectivity index (χ1v) is 8.45. The van der Waals surface area contributed by atoms with Crippen LogP contribution in [0.2, 0.25) is 0 Å². The Morgan fingerprint density at radius 2 is 2.27 bits per heavy atom. The highest BCUT2D eigenvalue weighted by Crippen LogP contribution is 2.34. The van der Waals surface area contributed by atoms with Gasteiger partial charge in [-0.1, -0.05) is 6.07 Å². The van der Waals surface area contributed by atoms with Gasteiger partial charge in [-0.3, -0.25) is 4.98 Å². The standard InChI is InChI=1S/C14H18N4O3S/c1-21-9-11-7-18(22(19,20)14-6-15-10-17-14)8-12(11)13-4-2-3-5-16-13/h2-6,10-12H,7-9H2,1H3,(H,15,17). The van der Waals surface area contributed by atoms with Crippen LogP contribution in [0.1, 0.15) is 11.6 Å². The molecule has 8 heteroatoms. The summed E-state index contributed by atoms with van der Waals surface area (Å²) in [6.07, 6.45) is 4.42. The largest absolute Gasteiger partial charge is 0.384 e. The maximum atomic E-state index is 12.6. The SMILES string of the molecule is COCC1CN(S(=O)(=O)c2cnc[nH]2)CC1c1ccccn1. The molecule has 1 aliphatic heterocycles. The Kier molecular flexibility index (Phi) is 4.23. The Balaban J connectivity index is 1.88. The van der Waals surface area contributed by atoms with Crippen LogP contribution in [0.4, 0.5) is 0 Å². The summed E-state index contributed by atoms with van der Waals surface area (Å²) in [5.74, 6) is 0.108. The smallest absolute Gasteiger partial charge is 0.260 e. The summed E-state index contributed by atoms with van der Waals surface area (Å²) in [6, 6.07) is 5.70. The number of ether oxygens (including phenoxy) is 1. The number of aromatic amines is 1. The van der Waals surface area contributed by atoms with Crippen LogP contribution in [-0.4, -0.2) is 54.5 Å². The van der Waals surface area contributed by atoms with E-state index in [9.17, 15) is 8.42 Å². The molecule has 118 valence electrons. The molecule has 7 nitrogen and oxygen atoms in total. The zero-order valence-corrected chi connectivity index (χ0v) is 13.0. The molecule has 2 aromatic rings. The number of H-pyrrole nitrogens is 1. The average Bonchev–Trinajstić information content (AvgIpc) is 3.19. The number of hydrogen-bond donors (Lipinski definition) is 1. The Hall–Kier alpha value is -1.77. The van der Waals surface area contributed by atoms with Crippen LogP contribution in [0, 0.1) is 5.92 Å². The molecule has 2 atom stereocenters. The molecular weight excluding hydrogens is 304 g/mol. The molecular formula is C14H18N4O3S. The van der Waals surface area contributed by atoms with Crippen LogP contribution in [-0.2, 0) is 14.8 Å². The first kappa shape index (κ1) is 15.1. The third-order valence-corrected chi connectivity index (χ3v) is 5.70. The third kappa shape index (κ3) is 2.77. The number of pyridine rings is 1. The van der Waals surface area contributed by atoms with Crippen molar-refractivity contribution >= 4 is 10.0 Å². The van der Waals surface area contributed by atoms with Gasteiger partial charge in [0, 0.05) is 43.9 Å². The van der Waals surface area contributed by atoms with Gasteiger partial charge in [-0.2, -0.15) is 4.31 Å². The molecule has 0 bridgehead atoms. The quantitative estimate of drug-likeness (QED) is 0.882. The van der Waals surface area contributed by atoms with E-state index in [4.69, 9.17) is 4.74 Å². The Bertz CT molecular complexity index is 703. The Morgan fingerprint density at radius 3 is 2.91 bits per heavy atom. The molecule has 22 heavy (non-hydrogen) atoms. The summed E-state index contributed by atoms with van der Waals surface area (Å²) in [5, 5.41) is 0.116. The van der Waals surface area contributed by atoms with E-state index in [-0.39, 0.29) is 16.9 Å².